The van der Waals surface area contributed by atoms with Crippen LogP contribution in [0.15, 0.2) is 30.3 Å². The van der Waals surface area contributed by atoms with E-state index in [1.54, 1.807) is 26.8 Å². The Labute approximate surface area is 193 Å². The molecule has 2 aliphatic carbocycles. The number of ketones is 1. The molecule has 0 N–H and O–H groups in total. The van der Waals surface area contributed by atoms with Crippen molar-refractivity contribution in [3.63, 3.8) is 0 Å². The van der Waals surface area contributed by atoms with Crippen molar-refractivity contribution in [3.8, 4) is 11.5 Å². The van der Waals surface area contributed by atoms with Gasteiger partial charge in [-0.3, -0.25) is 9.59 Å². The highest BCUT2D eigenvalue weighted by Crippen LogP contribution is 2.69. The van der Waals surface area contributed by atoms with Crippen LogP contribution < -0.4 is 9.47 Å². The van der Waals surface area contributed by atoms with Gasteiger partial charge in [0.25, 0.3) is 5.79 Å². The number of epoxide rings is 1. The highest BCUT2D eigenvalue weighted by Gasteiger charge is 2.77. The number of ether oxygens (including phenoxy) is 4. The maximum atomic E-state index is 13.4. The van der Waals surface area contributed by atoms with Crippen molar-refractivity contribution in [2.75, 3.05) is 0 Å². The average Bonchev–Trinajstić information content (AvgIpc) is 3.52. The molecule has 0 unspecified atom stereocenters. The monoisotopic (exact) mass is 496 g/mol. The first kappa shape index (κ1) is 19.3. The Morgan fingerprint density at radius 1 is 1.19 bits per heavy atom. The van der Waals surface area contributed by atoms with E-state index in [1.807, 2.05) is 18.2 Å². The number of rotatable bonds is 1. The maximum Gasteiger partial charge on any atom is 0.316 e. The third-order valence-electron chi connectivity index (χ3n) is 7.27. The van der Waals surface area contributed by atoms with E-state index >= 15 is 0 Å². The van der Waals surface area contributed by atoms with E-state index in [1.165, 1.54) is 5.56 Å². The number of carbonyl (C=O) groups is 2. The SMILES string of the molecule is CC(C)(C)C(=O)Oc1ccc2c3c1C(=O)[C@H]1O[C@H]1[C@]31Oc3cccc4c3[C@]2(O1)[C@@H](Br)CC4. The topological polar surface area (TPSA) is 74.4 Å². The summed E-state index contributed by atoms with van der Waals surface area (Å²) in [6.45, 7) is 5.35. The molecular weight excluding hydrogens is 476 g/mol. The van der Waals surface area contributed by atoms with E-state index in [0.717, 1.165) is 29.7 Å². The maximum absolute atomic E-state index is 13.4. The Kier molecular flexibility index (Phi) is 3.39. The molecule has 6 nitrogen and oxygen atoms in total. The first-order chi connectivity index (χ1) is 15.2. The summed E-state index contributed by atoms with van der Waals surface area (Å²) in [5, 5.41) is 0. The molecule has 1 saturated heterocycles. The van der Waals surface area contributed by atoms with Gasteiger partial charge in [0.1, 0.15) is 17.1 Å². The van der Waals surface area contributed by atoms with Gasteiger partial charge in [-0.2, -0.15) is 0 Å². The predicted octanol–water partition coefficient (Wildman–Crippen LogP) is 4.13. The van der Waals surface area contributed by atoms with Crippen LogP contribution in [-0.4, -0.2) is 28.8 Å². The number of aryl methyl sites for hydroxylation is 1. The number of esters is 1. The largest absolute Gasteiger partial charge is 0.454 e. The number of hydrogen-bond acceptors (Lipinski definition) is 6. The molecule has 164 valence electrons. The van der Waals surface area contributed by atoms with E-state index in [-0.39, 0.29) is 16.4 Å². The van der Waals surface area contributed by atoms with Crippen molar-refractivity contribution >= 4 is 27.7 Å². The zero-order valence-electron chi connectivity index (χ0n) is 17.9. The number of hydrogen-bond donors (Lipinski definition) is 0. The standard InChI is InChI=1S/C25H21BrO6/c1-23(2,3)22(28)29-13-9-8-12-18-16(13)19(27)20-21(30-20)25(18)31-14-6-4-5-11-7-10-15(26)24(12,32-25)17(11)14/h4-6,8-9,15,20-21H,7,10H2,1-3H3/t15-,20+,21+,24+,25-/m0/s1. The van der Waals surface area contributed by atoms with Gasteiger partial charge < -0.3 is 18.9 Å². The lowest BCUT2D eigenvalue weighted by Crippen LogP contribution is -2.53. The van der Waals surface area contributed by atoms with Gasteiger partial charge in [0, 0.05) is 16.7 Å². The molecule has 0 radical (unpaired) electrons. The number of fused-ring (bicyclic) bond motifs is 1. The van der Waals surface area contributed by atoms with Gasteiger partial charge in [0.2, 0.25) is 0 Å². The van der Waals surface area contributed by atoms with Gasteiger partial charge in [-0.05, 0) is 51.3 Å². The van der Waals surface area contributed by atoms with Gasteiger partial charge in [0.15, 0.2) is 18.0 Å². The number of carbonyl (C=O) groups excluding carboxylic acids is 2. The van der Waals surface area contributed by atoms with Crippen molar-refractivity contribution in [2.24, 2.45) is 5.41 Å². The molecule has 5 aliphatic rings. The van der Waals surface area contributed by atoms with Crippen molar-refractivity contribution in [2.45, 2.75) is 62.0 Å². The summed E-state index contributed by atoms with van der Waals surface area (Å²) in [6.07, 6.45) is 0.603. The van der Waals surface area contributed by atoms with Crippen LogP contribution in [-0.2, 0) is 32.1 Å². The molecule has 2 aromatic rings. The normalized spacial score (nSPS) is 34.8. The molecule has 0 amide bonds. The van der Waals surface area contributed by atoms with Gasteiger partial charge in [-0.1, -0.05) is 34.1 Å². The summed E-state index contributed by atoms with van der Waals surface area (Å²) in [7, 11) is 0. The third-order valence-corrected chi connectivity index (χ3v) is 8.37. The van der Waals surface area contributed by atoms with Gasteiger partial charge >= 0.3 is 5.97 Å². The van der Waals surface area contributed by atoms with E-state index < -0.39 is 35.0 Å². The fourth-order valence-corrected chi connectivity index (χ4v) is 6.57. The fourth-order valence-electron chi connectivity index (χ4n) is 5.77. The minimum Gasteiger partial charge on any atom is -0.454 e. The van der Waals surface area contributed by atoms with Crippen LogP contribution >= 0.6 is 15.9 Å². The van der Waals surface area contributed by atoms with Crippen molar-refractivity contribution < 1.29 is 28.5 Å². The first-order valence-corrected chi connectivity index (χ1v) is 11.9. The van der Waals surface area contributed by atoms with Crippen molar-refractivity contribution in [1.82, 2.24) is 0 Å². The molecule has 0 saturated carbocycles. The molecule has 0 aromatic heterocycles. The van der Waals surface area contributed by atoms with E-state index in [2.05, 4.69) is 22.0 Å². The number of benzene rings is 2. The summed E-state index contributed by atoms with van der Waals surface area (Å²) in [5.74, 6) is -0.822. The molecule has 3 aliphatic heterocycles. The Hall–Kier alpha value is -2.22. The van der Waals surface area contributed by atoms with E-state index in [9.17, 15) is 9.59 Å². The summed E-state index contributed by atoms with van der Waals surface area (Å²) in [4.78, 5) is 26.1. The van der Waals surface area contributed by atoms with E-state index in [4.69, 9.17) is 18.9 Å². The van der Waals surface area contributed by atoms with Crippen molar-refractivity contribution in [1.29, 1.82) is 0 Å². The third kappa shape index (κ3) is 2.04. The molecule has 7 rings (SSSR count). The smallest absolute Gasteiger partial charge is 0.316 e. The Balaban J connectivity index is 1.53. The lowest BCUT2D eigenvalue weighted by Gasteiger charge is -2.47. The number of halogens is 1. The van der Waals surface area contributed by atoms with Gasteiger partial charge in [-0.15, -0.1) is 0 Å². The molecule has 7 heteroatoms. The Bertz CT molecular complexity index is 1260. The Morgan fingerprint density at radius 3 is 2.78 bits per heavy atom. The number of Topliss-reactive ketones (excluding diaryl/α,β-unsaturated/α-hetero) is 1. The highest BCUT2D eigenvalue weighted by molar-refractivity contribution is 9.09. The summed E-state index contributed by atoms with van der Waals surface area (Å²) < 4.78 is 25.1. The lowest BCUT2D eigenvalue weighted by molar-refractivity contribution is -0.259. The van der Waals surface area contributed by atoms with Crippen molar-refractivity contribution in [3.05, 3.63) is 58.1 Å². The molecule has 32 heavy (non-hydrogen) atoms. The molecule has 2 aromatic carbocycles. The minimum atomic E-state index is -1.23. The molecule has 3 heterocycles. The second-order valence-corrected chi connectivity index (χ2v) is 11.4. The molecule has 5 atom stereocenters. The van der Waals surface area contributed by atoms with Crippen LogP contribution in [0.1, 0.15) is 59.8 Å². The second-order valence-electron chi connectivity index (χ2n) is 10.2. The van der Waals surface area contributed by atoms with Gasteiger partial charge in [0.05, 0.1) is 15.8 Å². The first-order valence-electron chi connectivity index (χ1n) is 10.9. The van der Waals surface area contributed by atoms with E-state index in [0.29, 0.717) is 11.1 Å². The quantitative estimate of drug-likeness (QED) is 0.255. The van der Waals surface area contributed by atoms with Crippen LogP contribution in [0.25, 0.3) is 0 Å². The summed E-state index contributed by atoms with van der Waals surface area (Å²) in [5.41, 5.74) is 2.57. The Morgan fingerprint density at radius 2 is 2.00 bits per heavy atom. The molecule has 2 bridgehead atoms. The molecule has 2 spiro atoms. The predicted molar refractivity (Wildman–Crippen MR) is 116 cm³/mol. The van der Waals surface area contributed by atoms with Gasteiger partial charge in [-0.25, -0.2) is 0 Å². The summed E-state index contributed by atoms with van der Waals surface area (Å²) >= 11 is 3.91. The lowest BCUT2D eigenvalue weighted by atomic mass is 9.73. The average molecular weight is 497 g/mol. The van der Waals surface area contributed by atoms with Crippen LogP contribution in [0, 0.1) is 5.41 Å². The van der Waals surface area contributed by atoms with Crippen LogP contribution in [0.4, 0.5) is 0 Å². The minimum absolute atomic E-state index is 0.00518. The molecule has 1 fully saturated rings. The second kappa shape index (κ2) is 5.64. The van der Waals surface area contributed by atoms with Crippen LogP contribution in [0.2, 0.25) is 0 Å². The van der Waals surface area contributed by atoms with Crippen LogP contribution in [0.3, 0.4) is 0 Å². The zero-order valence-corrected chi connectivity index (χ0v) is 19.4. The highest BCUT2D eigenvalue weighted by atomic mass is 79.9. The van der Waals surface area contributed by atoms with Crippen LogP contribution in [0.5, 0.6) is 11.5 Å². The molecular formula is C25H21BrO6. The number of alkyl halides is 1. The fraction of sp³-hybridized carbons (Fsp3) is 0.440. The summed E-state index contributed by atoms with van der Waals surface area (Å²) in [6, 6.07) is 9.72. The zero-order chi connectivity index (χ0) is 22.2.